The number of fused-ring (bicyclic) bond motifs is 1. The summed E-state index contributed by atoms with van der Waals surface area (Å²) in [6.45, 7) is 1.76. The number of hydrogen-bond donors (Lipinski definition) is 1. The molecule has 1 amide bonds. The van der Waals surface area contributed by atoms with Crippen LogP contribution in [0.1, 0.15) is 33.1 Å². The summed E-state index contributed by atoms with van der Waals surface area (Å²) in [4.78, 5) is 12.3. The Hall–Kier alpha value is -1.87. The number of hydrogen-bond acceptors (Lipinski definition) is 1. The van der Waals surface area contributed by atoms with E-state index in [0.29, 0.717) is 5.56 Å². The molecule has 108 valence electrons. The van der Waals surface area contributed by atoms with Gasteiger partial charge in [-0.15, -0.1) is 11.6 Å². The third kappa shape index (κ3) is 2.79. The average Bonchev–Trinajstić information content (AvgIpc) is 2.74. The molecule has 0 bridgehead atoms. The van der Waals surface area contributed by atoms with Gasteiger partial charge in [0.15, 0.2) is 0 Å². The molecule has 3 rings (SSSR count). The molecule has 0 saturated carbocycles. The van der Waals surface area contributed by atoms with Gasteiger partial charge in [0.1, 0.15) is 5.82 Å². The van der Waals surface area contributed by atoms with Gasteiger partial charge in [0.05, 0.1) is 11.4 Å². The van der Waals surface area contributed by atoms with Gasteiger partial charge in [-0.3, -0.25) is 4.79 Å². The van der Waals surface area contributed by atoms with E-state index >= 15 is 0 Å². The van der Waals surface area contributed by atoms with E-state index in [9.17, 15) is 9.18 Å². The van der Waals surface area contributed by atoms with Crippen LogP contribution in [0, 0.1) is 12.7 Å². The second-order valence-electron chi connectivity index (χ2n) is 5.39. The quantitative estimate of drug-likeness (QED) is 0.841. The lowest BCUT2D eigenvalue weighted by atomic mass is 10.1. The lowest BCUT2D eigenvalue weighted by molar-refractivity contribution is 0.0936. The van der Waals surface area contributed by atoms with Crippen molar-refractivity contribution in [3.8, 4) is 0 Å². The molecule has 0 fully saturated rings. The zero-order valence-electron chi connectivity index (χ0n) is 11.6. The van der Waals surface area contributed by atoms with Crippen LogP contribution in [-0.4, -0.2) is 11.3 Å². The minimum absolute atomic E-state index is 0.180. The molecular formula is C17H15ClFNO. The molecule has 2 unspecified atom stereocenters. The predicted molar refractivity (Wildman–Crippen MR) is 81.1 cm³/mol. The molecule has 1 aliphatic rings. The standard InChI is InChI=1S/C17H15ClFNO/c1-10-6-12(8-13(19)7-10)17(21)20-16-14-5-3-2-4-11(14)9-15(16)18/h2-8,15-16H,9H2,1H3,(H,20,21). The Morgan fingerprint density at radius 2 is 2.05 bits per heavy atom. The molecule has 0 aromatic heterocycles. The first-order valence-corrected chi connectivity index (χ1v) is 7.28. The maximum atomic E-state index is 13.4. The number of alkyl halides is 1. The van der Waals surface area contributed by atoms with Gasteiger partial charge >= 0.3 is 0 Å². The molecule has 0 spiro atoms. The molecule has 0 aliphatic heterocycles. The van der Waals surface area contributed by atoms with Crippen LogP contribution in [0.15, 0.2) is 42.5 Å². The van der Waals surface area contributed by atoms with Gasteiger partial charge < -0.3 is 5.32 Å². The van der Waals surface area contributed by atoms with E-state index in [1.165, 1.54) is 12.1 Å². The second kappa shape index (κ2) is 5.49. The molecule has 2 aromatic carbocycles. The number of nitrogens with one attached hydrogen (secondary N) is 1. The van der Waals surface area contributed by atoms with Crippen molar-refractivity contribution in [2.45, 2.75) is 24.8 Å². The first kappa shape index (κ1) is 14.1. The van der Waals surface area contributed by atoms with Gasteiger partial charge in [-0.05, 0) is 48.2 Å². The van der Waals surface area contributed by atoms with E-state index in [-0.39, 0.29) is 17.3 Å². The molecule has 2 aromatic rings. The Bertz CT molecular complexity index is 681. The van der Waals surface area contributed by atoms with Gasteiger partial charge in [0.25, 0.3) is 5.91 Å². The van der Waals surface area contributed by atoms with E-state index in [2.05, 4.69) is 5.32 Å². The fourth-order valence-electron chi connectivity index (χ4n) is 2.81. The van der Waals surface area contributed by atoms with Crippen LogP contribution in [0.2, 0.25) is 0 Å². The van der Waals surface area contributed by atoms with Crippen LogP contribution in [-0.2, 0) is 6.42 Å². The minimum Gasteiger partial charge on any atom is -0.344 e. The van der Waals surface area contributed by atoms with Crippen LogP contribution < -0.4 is 5.32 Å². The highest BCUT2D eigenvalue weighted by Crippen LogP contribution is 2.34. The summed E-state index contributed by atoms with van der Waals surface area (Å²) in [7, 11) is 0. The number of amides is 1. The number of carbonyl (C=O) groups is 1. The van der Waals surface area contributed by atoms with Gasteiger partial charge in [0, 0.05) is 5.56 Å². The molecule has 21 heavy (non-hydrogen) atoms. The Balaban J connectivity index is 1.85. The summed E-state index contributed by atoms with van der Waals surface area (Å²) in [5.74, 6) is -0.709. The fraction of sp³-hybridized carbons (Fsp3) is 0.235. The maximum absolute atomic E-state index is 13.4. The van der Waals surface area contributed by atoms with Crippen LogP contribution in [0.3, 0.4) is 0 Å². The third-order valence-corrected chi connectivity index (χ3v) is 4.16. The summed E-state index contributed by atoms with van der Waals surface area (Å²) in [6.07, 6.45) is 0.727. The molecule has 2 nitrogen and oxygen atoms in total. The topological polar surface area (TPSA) is 29.1 Å². The largest absolute Gasteiger partial charge is 0.344 e. The molecule has 2 atom stereocenters. The lowest BCUT2D eigenvalue weighted by Gasteiger charge is -2.17. The number of benzene rings is 2. The number of carbonyl (C=O) groups excluding carboxylic acids is 1. The highest BCUT2D eigenvalue weighted by molar-refractivity contribution is 6.21. The molecule has 1 N–H and O–H groups in total. The summed E-state index contributed by atoms with van der Waals surface area (Å²) in [5.41, 5.74) is 3.23. The van der Waals surface area contributed by atoms with E-state index in [0.717, 1.165) is 23.1 Å². The van der Waals surface area contributed by atoms with Gasteiger partial charge in [-0.1, -0.05) is 24.3 Å². The Morgan fingerprint density at radius 3 is 2.81 bits per heavy atom. The minimum atomic E-state index is -0.408. The monoisotopic (exact) mass is 303 g/mol. The third-order valence-electron chi connectivity index (χ3n) is 3.76. The fourth-order valence-corrected chi connectivity index (χ4v) is 3.17. The smallest absolute Gasteiger partial charge is 0.251 e. The molecule has 0 saturated heterocycles. The normalized spacial score (nSPS) is 20.1. The van der Waals surface area contributed by atoms with Gasteiger partial charge in [-0.25, -0.2) is 4.39 Å². The van der Waals surface area contributed by atoms with Crippen molar-refractivity contribution in [2.24, 2.45) is 0 Å². The first-order valence-electron chi connectivity index (χ1n) is 6.84. The van der Waals surface area contributed by atoms with Crippen molar-refractivity contribution in [1.82, 2.24) is 5.32 Å². The van der Waals surface area contributed by atoms with Crippen molar-refractivity contribution in [1.29, 1.82) is 0 Å². The highest BCUT2D eigenvalue weighted by atomic mass is 35.5. The van der Waals surface area contributed by atoms with E-state index in [1.807, 2.05) is 24.3 Å². The van der Waals surface area contributed by atoms with E-state index in [1.54, 1.807) is 13.0 Å². The van der Waals surface area contributed by atoms with Crippen LogP contribution in [0.5, 0.6) is 0 Å². The second-order valence-corrected chi connectivity index (χ2v) is 5.95. The Labute approximate surface area is 127 Å². The zero-order valence-corrected chi connectivity index (χ0v) is 12.3. The van der Waals surface area contributed by atoms with Crippen LogP contribution in [0.25, 0.3) is 0 Å². The van der Waals surface area contributed by atoms with Crippen molar-refractivity contribution in [2.75, 3.05) is 0 Å². The summed E-state index contributed by atoms with van der Waals surface area (Å²) < 4.78 is 13.4. The van der Waals surface area contributed by atoms with Crippen molar-refractivity contribution in [3.05, 3.63) is 70.5 Å². The van der Waals surface area contributed by atoms with Crippen molar-refractivity contribution < 1.29 is 9.18 Å². The molecule has 0 heterocycles. The summed E-state index contributed by atoms with van der Waals surface area (Å²) in [6, 6.07) is 11.9. The van der Waals surface area contributed by atoms with Crippen molar-refractivity contribution in [3.63, 3.8) is 0 Å². The summed E-state index contributed by atoms with van der Waals surface area (Å²) in [5, 5.41) is 2.74. The van der Waals surface area contributed by atoms with Gasteiger partial charge in [-0.2, -0.15) is 0 Å². The van der Waals surface area contributed by atoms with Crippen molar-refractivity contribution >= 4 is 17.5 Å². The van der Waals surface area contributed by atoms with Crippen LogP contribution >= 0.6 is 11.6 Å². The molecule has 4 heteroatoms. The van der Waals surface area contributed by atoms with E-state index in [4.69, 9.17) is 11.6 Å². The number of rotatable bonds is 2. The SMILES string of the molecule is Cc1cc(F)cc(C(=O)NC2c3ccccc3CC2Cl)c1. The molecular weight excluding hydrogens is 289 g/mol. The Morgan fingerprint density at radius 1 is 1.29 bits per heavy atom. The summed E-state index contributed by atoms with van der Waals surface area (Å²) >= 11 is 6.35. The zero-order chi connectivity index (χ0) is 15.0. The number of halogens is 2. The van der Waals surface area contributed by atoms with E-state index < -0.39 is 5.82 Å². The van der Waals surface area contributed by atoms with Crippen LogP contribution in [0.4, 0.5) is 4.39 Å². The lowest BCUT2D eigenvalue weighted by Crippen LogP contribution is -2.31. The molecule has 0 radical (unpaired) electrons. The first-order chi connectivity index (χ1) is 10.0. The van der Waals surface area contributed by atoms with Gasteiger partial charge in [0.2, 0.25) is 0 Å². The molecule has 1 aliphatic carbocycles. The highest BCUT2D eigenvalue weighted by Gasteiger charge is 2.32. The number of aryl methyl sites for hydroxylation is 1. The Kier molecular flexibility index (Phi) is 3.68. The predicted octanol–water partition coefficient (Wildman–Crippen LogP) is 3.77. The maximum Gasteiger partial charge on any atom is 0.251 e. The average molecular weight is 304 g/mol.